The normalized spacial score (nSPS) is 12.1. The van der Waals surface area contributed by atoms with Crippen LogP contribution in [0.5, 0.6) is 0 Å². The van der Waals surface area contributed by atoms with Crippen LogP contribution in [0, 0.1) is 0 Å². The molecule has 104 valence electrons. The molecular weight excluding hydrogens is 296 g/mol. The Kier molecular flexibility index (Phi) is 4.93. The number of benzene rings is 2. The summed E-state index contributed by atoms with van der Waals surface area (Å²) in [4.78, 5) is 11.3. The second kappa shape index (κ2) is 6.68. The Morgan fingerprint density at radius 3 is 2.35 bits per heavy atom. The molecule has 1 unspecified atom stereocenters. The summed E-state index contributed by atoms with van der Waals surface area (Å²) in [7, 11) is -1.16. The van der Waals surface area contributed by atoms with Crippen LogP contribution in [-0.2, 0) is 27.8 Å². The Morgan fingerprint density at radius 1 is 1.10 bits per heavy atom. The summed E-state index contributed by atoms with van der Waals surface area (Å²) >= 11 is 5.87. The van der Waals surface area contributed by atoms with Gasteiger partial charge in [-0.15, -0.1) is 0 Å². The molecule has 0 aliphatic rings. The molecule has 0 radical (unpaired) electrons. The highest BCUT2D eigenvalue weighted by atomic mass is 35.5. The topological polar surface area (TPSA) is 54.4 Å². The van der Waals surface area contributed by atoms with Crippen molar-refractivity contribution in [1.82, 2.24) is 0 Å². The molecule has 0 saturated heterocycles. The largest absolute Gasteiger partial charge is 0.481 e. The first-order valence-electron chi connectivity index (χ1n) is 5.98. The van der Waals surface area contributed by atoms with E-state index in [2.05, 4.69) is 0 Å². The molecular formula is C15H13ClO3S. The molecule has 0 aliphatic carbocycles. The minimum atomic E-state index is -1.16. The number of hydrogen-bond acceptors (Lipinski definition) is 2. The first-order valence-corrected chi connectivity index (χ1v) is 7.68. The molecule has 0 aliphatic heterocycles. The van der Waals surface area contributed by atoms with Crippen LogP contribution in [0.3, 0.4) is 0 Å². The van der Waals surface area contributed by atoms with Crippen LogP contribution < -0.4 is 0 Å². The van der Waals surface area contributed by atoms with Crippen molar-refractivity contribution in [3.05, 3.63) is 64.7 Å². The molecule has 0 aromatic heterocycles. The standard InChI is InChI=1S/C15H13ClO3S/c16-13-2-1-3-14(9-13)20(19)10-12-6-4-11(5-7-12)8-15(17)18/h1-7,9H,8,10H2,(H,17,18). The number of halogens is 1. The number of carboxylic acids is 1. The van der Waals surface area contributed by atoms with Crippen LogP contribution in [-0.4, -0.2) is 15.3 Å². The first-order chi connectivity index (χ1) is 9.54. The zero-order valence-electron chi connectivity index (χ0n) is 10.6. The van der Waals surface area contributed by atoms with Crippen LogP contribution in [0.2, 0.25) is 5.02 Å². The van der Waals surface area contributed by atoms with E-state index in [4.69, 9.17) is 16.7 Å². The third kappa shape index (κ3) is 4.18. The third-order valence-electron chi connectivity index (χ3n) is 2.74. The van der Waals surface area contributed by atoms with Crippen LogP contribution in [0.4, 0.5) is 0 Å². The quantitative estimate of drug-likeness (QED) is 0.922. The predicted octanol–water partition coefficient (Wildman–Crippen LogP) is 3.27. The molecule has 3 nitrogen and oxygen atoms in total. The van der Waals surface area contributed by atoms with Gasteiger partial charge in [-0.2, -0.15) is 0 Å². The van der Waals surface area contributed by atoms with E-state index in [1.54, 1.807) is 48.5 Å². The van der Waals surface area contributed by atoms with Crippen LogP contribution >= 0.6 is 11.6 Å². The van der Waals surface area contributed by atoms with Gasteiger partial charge in [0.2, 0.25) is 0 Å². The molecule has 20 heavy (non-hydrogen) atoms. The molecule has 5 heteroatoms. The molecule has 2 aromatic carbocycles. The van der Waals surface area contributed by atoms with Crippen molar-refractivity contribution in [3.63, 3.8) is 0 Å². The van der Waals surface area contributed by atoms with E-state index >= 15 is 0 Å². The van der Waals surface area contributed by atoms with E-state index in [1.165, 1.54) is 0 Å². The maximum atomic E-state index is 12.2. The van der Waals surface area contributed by atoms with Crippen LogP contribution in [0.1, 0.15) is 11.1 Å². The Balaban J connectivity index is 2.06. The van der Waals surface area contributed by atoms with Crippen molar-refractivity contribution < 1.29 is 14.1 Å². The highest BCUT2D eigenvalue weighted by Crippen LogP contribution is 2.17. The Hall–Kier alpha value is -1.65. The molecule has 1 N–H and O–H groups in total. The minimum absolute atomic E-state index is 0.00232. The average Bonchev–Trinajstić information content (AvgIpc) is 2.40. The SMILES string of the molecule is O=C(O)Cc1ccc(CS(=O)c2cccc(Cl)c2)cc1. The molecule has 2 aromatic rings. The van der Waals surface area contributed by atoms with Gasteiger partial charge in [0.05, 0.1) is 23.0 Å². The van der Waals surface area contributed by atoms with Crippen molar-refractivity contribution in [3.8, 4) is 0 Å². The van der Waals surface area contributed by atoms with Crippen molar-refractivity contribution in [1.29, 1.82) is 0 Å². The molecule has 0 amide bonds. The Labute approximate surface area is 124 Å². The van der Waals surface area contributed by atoms with Gasteiger partial charge in [0.1, 0.15) is 0 Å². The van der Waals surface area contributed by atoms with Gasteiger partial charge >= 0.3 is 5.97 Å². The number of hydrogen-bond donors (Lipinski definition) is 1. The lowest BCUT2D eigenvalue weighted by Gasteiger charge is -2.04. The average molecular weight is 309 g/mol. The van der Waals surface area contributed by atoms with Crippen LogP contribution in [0.15, 0.2) is 53.4 Å². The molecule has 2 rings (SSSR count). The van der Waals surface area contributed by atoms with Gasteiger partial charge in [-0.3, -0.25) is 9.00 Å². The molecule has 1 atom stereocenters. The zero-order valence-corrected chi connectivity index (χ0v) is 12.2. The summed E-state index contributed by atoms with van der Waals surface area (Å²) in [5, 5.41) is 9.26. The zero-order chi connectivity index (χ0) is 14.5. The predicted molar refractivity (Wildman–Crippen MR) is 79.3 cm³/mol. The lowest BCUT2D eigenvalue weighted by Crippen LogP contribution is -2.01. The molecule has 0 heterocycles. The monoisotopic (exact) mass is 308 g/mol. The highest BCUT2D eigenvalue weighted by Gasteiger charge is 2.06. The van der Waals surface area contributed by atoms with Gasteiger partial charge in [0.25, 0.3) is 0 Å². The minimum Gasteiger partial charge on any atom is -0.481 e. The first kappa shape index (κ1) is 14.8. The molecule has 0 spiro atoms. The number of aliphatic carboxylic acids is 1. The van der Waals surface area contributed by atoms with E-state index in [0.29, 0.717) is 15.7 Å². The second-order valence-corrected chi connectivity index (χ2v) is 6.22. The summed E-state index contributed by atoms with van der Waals surface area (Å²) in [6.07, 6.45) is -0.00232. The van der Waals surface area contributed by atoms with E-state index in [-0.39, 0.29) is 6.42 Å². The summed E-state index contributed by atoms with van der Waals surface area (Å²) in [5.74, 6) is -0.478. The van der Waals surface area contributed by atoms with Gasteiger partial charge < -0.3 is 5.11 Å². The van der Waals surface area contributed by atoms with E-state index in [9.17, 15) is 9.00 Å². The van der Waals surface area contributed by atoms with Gasteiger partial charge in [-0.1, -0.05) is 41.9 Å². The van der Waals surface area contributed by atoms with Crippen molar-refractivity contribution in [2.24, 2.45) is 0 Å². The van der Waals surface area contributed by atoms with Gasteiger partial charge in [0, 0.05) is 9.92 Å². The third-order valence-corrected chi connectivity index (χ3v) is 4.35. The lowest BCUT2D eigenvalue weighted by molar-refractivity contribution is -0.136. The fraction of sp³-hybridized carbons (Fsp3) is 0.133. The van der Waals surface area contributed by atoms with E-state index < -0.39 is 16.8 Å². The number of rotatable bonds is 5. The van der Waals surface area contributed by atoms with E-state index in [1.807, 2.05) is 0 Å². The second-order valence-electron chi connectivity index (χ2n) is 4.33. The molecule has 0 saturated carbocycles. The smallest absolute Gasteiger partial charge is 0.307 e. The maximum Gasteiger partial charge on any atom is 0.307 e. The fourth-order valence-corrected chi connectivity index (χ4v) is 3.18. The van der Waals surface area contributed by atoms with Crippen molar-refractivity contribution in [2.45, 2.75) is 17.1 Å². The summed E-state index contributed by atoms with van der Waals surface area (Å²) in [6, 6.07) is 14.1. The van der Waals surface area contributed by atoms with Crippen molar-refractivity contribution in [2.75, 3.05) is 0 Å². The molecule has 0 bridgehead atoms. The van der Waals surface area contributed by atoms with Crippen LogP contribution in [0.25, 0.3) is 0 Å². The van der Waals surface area contributed by atoms with Gasteiger partial charge in [-0.25, -0.2) is 0 Å². The van der Waals surface area contributed by atoms with Gasteiger partial charge in [0.15, 0.2) is 0 Å². The van der Waals surface area contributed by atoms with Crippen molar-refractivity contribution >= 4 is 28.4 Å². The Morgan fingerprint density at radius 2 is 1.75 bits per heavy atom. The number of carboxylic acid groups (broad SMARTS) is 1. The highest BCUT2D eigenvalue weighted by molar-refractivity contribution is 7.84. The summed E-state index contributed by atoms with van der Waals surface area (Å²) in [6.45, 7) is 0. The van der Waals surface area contributed by atoms with Gasteiger partial charge in [-0.05, 0) is 29.3 Å². The number of carbonyl (C=O) groups is 1. The fourth-order valence-electron chi connectivity index (χ4n) is 1.77. The lowest BCUT2D eigenvalue weighted by atomic mass is 10.1. The molecule has 0 fully saturated rings. The van der Waals surface area contributed by atoms with E-state index in [0.717, 1.165) is 11.1 Å². The maximum absolute atomic E-state index is 12.2. The Bertz CT molecular complexity index is 638. The summed E-state index contributed by atoms with van der Waals surface area (Å²) in [5.41, 5.74) is 1.63. The summed E-state index contributed by atoms with van der Waals surface area (Å²) < 4.78 is 12.2.